The Bertz CT molecular complexity index is 1170. The van der Waals surface area contributed by atoms with Gasteiger partial charge in [-0.1, -0.05) is 24.3 Å². The molecule has 29 heavy (non-hydrogen) atoms. The normalized spacial score (nSPS) is 17.0. The molecule has 4 heterocycles. The molecular formula is C22H20N4O2S. The zero-order chi connectivity index (χ0) is 19.8. The molecule has 6 nitrogen and oxygen atoms in total. The summed E-state index contributed by atoms with van der Waals surface area (Å²) < 4.78 is 1.99. The van der Waals surface area contributed by atoms with Crippen LogP contribution in [0.1, 0.15) is 22.9 Å². The maximum absolute atomic E-state index is 13.0. The minimum Gasteiger partial charge on any atom is -0.503 e. The third kappa shape index (κ3) is 3.03. The highest BCUT2D eigenvalue weighted by Crippen LogP contribution is 2.46. The Kier molecular flexibility index (Phi) is 4.44. The lowest BCUT2D eigenvalue weighted by molar-refractivity contribution is -0.129. The maximum atomic E-state index is 13.0. The summed E-state index contributed by atoms with van der Waals surface area (Å²) in [5.41, 5.74) is 2.54. The van der Waals surface area contributed by atoms with Gasteiger partial charge in [-0.25, -0.2) is 4.98 Å². The number of aliphatic hydroxyl groups is 1. The molecule has 1 aliphatic heterocycles. The van der Waals surface area contributed by atoms with E-state index in [-0.39, 0.29) is 17.7 Å². The summed E-state index contributed by atoms with van der Waals surface area (Å²) in [6.45, 7) is 1.32. The molecule has 3 aromatic heterocycles. The van der Waals surface area contributed by atoms with Gasteiger partial charge in [-0.2, -0.15) is 0 Å². The monoisotopic (exact) mass is 404 g/mol. The first kappa shape index (κ1) is 17.8. The van der Waals surface area contributed by atoms with Gasteiger partial charge in [0, 0.05) is 58.6 Å². The minimum absolute atomic E-state index is 0.157. The van der Waals surface area contributed by atoms with Gasteiger partial charge < -0.3 is 19.6 Å². The lowest BCUT2D eigenvalue weighted by Gasteiger charge is -2.26. The van der Waals surface area contributed by atoms with Crippen LogP contribution in [0.25, 0.3) is 16.5 Å². The zero-order valence-corrected chi connectivity index (χ0v) is 16.5. The number of carbonyl (C=O) groups is 1. The van der Waals surface area contributed by atoms with Gasteiger partial charge >= 0.3 is 0 Å². The topological polar surface area (TPSA) is 74.2 Å². The molecule has 5 rings (SSSR count). The zero-order valence-electron chi connectivity index (χ0n) is 15.7. The number of nitrogens with zero attached hydrogens (tertiary/aromatic N) is 3. The summed E-state index contributed by atoms with van der Waals surface area (Å²) in [5.74, 6) is -0.468. The summed E-state index contributed by atoms with van der Waals surface area (Å²) in [6, 6.07) is 11.7. The van der Waals surface area contributed by atoms with Crippen LogP contribution in [0.5, 0.6) is 0 Å². The molecule has 7 heteroatoms. The van der Waals surface area contributed by atoms with Crippen LogP contribution >= 0.6 is 11.3 Å². The largest absolute Gasteiger partial charge is 0.503 e. The number of H-pyrrole nitrogens is 1. The van der Waals surface area contributed by atoms with Gasteiger partial charge in [0.25, 0.3) is 5.91 Å². The predicted molar refractivity (Wildman–Crippen MR) is 113 cm³/mol. The van der Waals surface area contributed by atoms with E-state index in [0.717, 1.165) is 34.3 Å². The SMILES string of the molecule is O=C1C(O)=C(c2c[nH]c3ccccc23)C(c2cccs2)N1CCCn1ccnc1. The third-order valence-corrected chi connectivity index (χ3v) is 6.30. The van der Waals surface area contributed by atoms with Gasteiger partial charge in [0.1, 0.15) is 0 Å². The van der Waals surface area contributed by atoms with E-state index in [1.165, 1.54) is 0 Å². The molecule has 1 amide bonds. The Labute approximate surface area is 171 Å². The Balaban J connectivity index is 1.52. The molecule has 0 bridgehead atoms. The number of benzene rings is 1. The second-order valence-electron chi connectivity index (χ2n) is 7.08. The number of hydrogen-bond acceptors (Lipinski definition) is 4. The van der Waals surface area contributed by atoms with Gasteiger partial charge in [0.15, 0.2) is 5.76 Å². The van der Waals surface area contributed by atoms with Crippen LogP contribution in [0.2, 0.25) is 0 Å². The number of hydrogen-bond donors (Lipinski definition) is 2. The van der Waals surface area contributed by atoms with Crippen molar-refractivity contribution in [2.24, 2.45) is 0 Å². The highest BCUT2D eigenvalue weighted by Gasteiger charge is 2.41. The smallest absolute Gasteiger partial charge is 0.289 e. The molecule has 4 aromatic rings. The Morgan fingerprint density at radius 1 is 1.17 bits per heavy atom. The highest BCUT2D eigenvalue weighted by atomic mass is 32.1. The average Bonchev–Trinajstić information content (AvgIpc) is 3.52. The van der Waals surface area contributed by atoms with E-state index in [2.05, 4.69) is 9.97 Å². The molecule has 0 fully saturated rings. The predicted octanol–water partition coefficient (Wildman–Crippen LogP) is 4.37. The fraction of sp³-hybridized carbons (Fsp3) is 0.182. The van der Waals surface area contributed by atoms with Crippen molar-refractivity contribution in [2.75, 3.05) is 6.54 Å². The van der Waals surface area contributed by atoms with E-state index >= 15 is 0 Å². The first-order valence-corrected chi connectivity index (χ1v) is 10.4. The number of fused-ring (bicyclic) bond motifs is 1. The number of aryl methyl sites for hydroxylation is 1. The summed E-state index contributed by atoms with van der Waals surface area (Å²) >= 11 is 1.60. The first-order chi connectivity index (χ1) is 14.2. The lowest BCUT2D eigenvalue weighted by atomic mass is 9.97. The Morgan fingerprint density at radius 2 is 2.07 bits per heavy atom. The van der Waals surface area contributed by atoms with Crippen LogP contribution in [0.3, 0.4) is 0 Å². The number of aliphatic hydroxyl groups excluding tert-OH is 1. The number of thiophene rings is 1. The fourth-order valence-corrected chi connectivity index (χ4v) is 4.88. The van der Waals surface area contributed by atoms with E-state index in [4.69, 9.17) is 0 Å². The van der Waals surface area contributed by atoms with Crippen molar-refractivity contribution in [2.45, 2.75) is 19.0 Å². The summed E-state index contributed by atoms with van der Waals surface area (Å²) in [6.07, 6.45) is 8.10. The molecule has 2 N–H and O–H groups in total. The average molecular weight is 404 g/mol. The number of nitrogens with one attached hydrogen (secondary N) is 1. The molecular weight excluding hydrogens is 384 g/mol. The van der Waals surface area contributed by atoms with Gasteiger partial charge in [-0.3, -0.25) is 4.79 Å². The van der Waals surface area contributed by atoms with Crippen molar-refractivity contribution in [3.05, 3.63) is 82.9 Å². The van der Waals surface area contributed by atoms with Crippen LogP contribution < -0.4 is 0 Å². The molecule has 146 valence electrons. The molecule has 0 aliphatic carbocycles. The second kappa shape index (κ2) is 7.25. The molecule has 0 radical (unpaired) electrons. The van der Waals surface area contributed by atoms with Crippen molar-refractivity contribution in [3.63, 3.8) is 0 Å². The van der Waals surface area contributed by atoms with Crippen molar-refractivity contribution in [1.29, 1.82) is 0 Å². The van der Waals surface area contributed by atoms with Gasteiger partial charge in [-0.15, -0.1) is 11.3 Å². The molecule has 1 unspecified atom stereocenters. The van der Waals surface area contributed by atoms with Crippen molar-refractivity contribution in [3.8, 4) is 0 Å². The number of amides is 1. The second-order valence-corrected chi connectivity index (χ2v) is 8.06. The highest BCUT2D eigenvalue weighted by molar-refractivity contribution is 7.10. The Hall–Kier alpha value is -3.32. The van der Waals surface area contributed by atoms with Crippen LogP contribution in [0, 0.1) is 0 Å². The quantitative estimate of drug-likeness (QED) is 0.501. The number of aromatic amines is 1. The van der Waals surface area contributed by atoms with E-state index in [9.17, 15) is 9.90 Å². The van der Waals surface area contributed by atoms with Crippen molar-refractivity contribution in [1.82, 2.24) is 19.4 Å². The molecule has 1 atom stereocenters. The number of imidazole rings is 1. The molecule has 0 saturated carbocycles. The molecule has 1 aliphatic rings. The van der Waals surface area contributed by atoms with Crippen molar-refractivity contribution >= 4 is 33.7 Å². The lowest BCUT2D eigenvalue weighted by Crippen LogP contribution is -2.31. The van der Waals surface area contributed by atoms with E-state index in [0.29, 0.717) is 12.1 Å². The van der Waals surface area contributed by atoms with Crippen LogP contribution in [-0.4, -0.2) is 37.0 Å². The summed E-state index contributed by atoms with van der Waals surface area (Å²) in [5, 5.41) is 13.9. The third-order valence-electron chi connectivity index (χ3n) is 5.37. The standard InChI is InChI=1S/C22H20N4O2S/c27-21-19(16-13-24-17-6-2-1-5-15(16)17)20(18-7-3-12-29-18)26(22(21)28)10-4-9-25-11-8-23-14-25/h1-3,5-8,11-14,20,24,27H,4,9-10H2. The summed E-state index contributed by atoms with van der Waals surface area (Å²) in [4.78, 5) is 23.2. The minimum atomic E-state index is -0.311. The van der Waals surface area contributed by atoms with Gasteiger partial charge in [0.2, 0.25) is 0 Å². The van der Waals surface area contributed by atoms with Gasteiger partial charge in [0.05, 0.1) is 12.4 Å². The first-order valence-electron chi connectivity index (χ1n) is 9.54. The van der Waals surface area contributed by atoms with E-state index < -0.39 is 0 Å². The fourth-order valence-electron chi connectivity index (χ4n) is 4.04. The number of para-hydroxylation sites is 1. The van der Waals surface area contributed by atoms with E-state index in [1.807, 2.05) is 58.7 Å². The van der Waals surface area contributed by atoms with Crippen molar-refractivity contribution < 1.29 is 9.90 Å². The molecule has 1 aromatic carbocycles. The van der Waals surface area contributed by atoms with Gasteiger partial charge in [-0.05, 0) is 23.9 Å². The van der Waals surface area contributed by atoms with E-state index in [1.54, 1.807) is 28.8 Å². The van der Waals surface area contributed by atoms with Crippen LogP contribution in [0.15, 0.2) is 72.5 Å². The summed E-state index contributed by atoms with van der Waals surface area (Å²) in [7, 11) is 0. The molecule has 0 saturated heterocycles. The maximum Gasteiger partial charge on any atom is 0.289 e. The number of aromatic nitrogens is 3. The molecule has 0 spiro atoms. The van der Waals surface area contributed by atoms with Crippen LogP contribution in [0.4, 0.5) is 0 Å². The number of carbonyl (C=O) groups excluding carboxylic acids is 1. The Morgan fingerprint density at radius 3 is 2.86 bits per heavy atom. The van der Waals surface area contributed by atoms with Crippen LogP contribution in [-0.2, 0) is 11.3 Å². The number of rotatable bonds is 6.